The van der Waals surface area contributed by atoms with Crippen LogP contribution in [0.4, 0.5) is 5.69 Å². The minimum Gasteiger partial charge on any atom is -0.508 e. The van der Waals surface area contributed by atoms with Crippen LogP contribution in [0.3, 0.4) is 0 Å². The molecule has 1 amide bonds. The van der Waals surface area contributed by atoms with Crippen molar-refractivity contribution in [2.24, 2.45) is 0 Å². The number of nitrogens with zero attached hydrogens (tertiary/aromatic N) is 1. The summed E-state index contributed by atoms with van der Waals surface area (Å²) in [5, 5.41) is 13.9. The third-order valence-electron chi connectivity index (χ3n) is 5.11. The first-order chi connectivity index (χ1) is 15.8. The Morgan fingerprint density at radius 2 is 1.73 bits per heavy atom. The van der Waals surface area contributed by atoms with Crippen LogP contribution in [0.1, 0.15) is 15.9 Å². The average molecular weight is 504 g/mol. The SMILES string of the molecule is COc1ccc(NC(=O)C(=O)c2c(Cl)n(Cc3ccc(Cl)cc3Cl)c3ccc(O)cc23)cc1. The predicted molar refractivity (Wildman–Crippen MR) is 130 cm³/mol. The zero-order valence-corrected chi connectivity index (χ0v) is 19.5. The Balaban J connectivity index is 1.73. The number of methoxy groups -OCH3 is 1. The van der Waals surface area contributed by atoms with E-state index in [9.17, 15) is 14.7 Å². The van der Waals surface area contributed by atoms with Crippen molar-refractivity contribution in [3.05, 3.63) is 87.0 Å². The van der Waals surface area contributed by atoms with E-state index < -0.39 is 11.7 Å². The van der Waals surface area contributed by atoms with E-state index >= 15 is 0 Å². The van der Waals surface area contributed by atoms with Gasteiger partial charge in [-0.05, 0) is 60.2 Å². The number of carbonyl (C=O) groups excluding carboxylic acids is 2. The first-order valence-electron chi connectivity index (χ1n) is 9.73. The molecule has 1 heterocycles. The van der Waals surface area contributed by atoms with Gasteiger partial charge in [-0.1, -0.05) is 40.9 Å². The summed E-state index contributed by atoms with van der Waals surface area (Å²) < 4.78 is 6.74. The molecule has 0 aliphatic carbocycles. The number of phenols is 1. The Bertz CT molecular complexity index is 1380. The molecule has 0 unspecified atom stereocenters. The Labute approximate surface area is 204 Å². The van der Waals surface area contributed by atoms with E-state index in [1.807, 2.05) is 0 Å². The maximum atomic E-state index is 13.1. The summed E-state index contributed by atoms with van der Waals surface area (Å²) in [5.41, 5.74) is 1.68. The summed E-state index contributed by atoms with van der Waals surface area (Å²) in [6.45, 7) is 0.226. The molecule has 0 radical (unpaired) electrons. The molecular weight excluding hydrogens is 487 g/mol. The van der Waals surface area contributed by atoms with Gasteiger partial charge in [-0.2, -0.15) is 0 Å². The fourth-order valence-electron chi connectivity index (χ4n) is 3.48. The Hall–Kier alpha value is -3.19. The molecule has 0 bridgehead atoms. The number of ketones is 1. The summed E-state index contributed by atoms with van der Waals surface area (Å²) in [6, 6.07) is 16.1. The summed E-state index contributed by atoms with van der Waals surface area (Å²) >= 11 is 18.9. The zero-order chi connectivity index (χ0) is 23.7. The standard InChI is InChI=1S/C24H17Cl3N2O4/c1-33-17-7-4-15(5-8-17)28-24(32)22(31)21-18-11-16(30)6-9-20(18)29(23(21)27)12-13-2-3-14(25)10-19(13)26/h2-11,30H,12H2,1H3,(H,28,32). The van der Waals surface area contributed by atoms with Gasteiger partial charge < -0.3 is 19.7 Å². The number of rotatable bonds is 6. The van der Waals surface area contributed by atoms with Gasteiger partial charge in [-0.3, -0.25) is 9.59 Å². The molecule has 0 saturated heterocycles. The van der Waals surface area contributed by atoms with Crippen LogP contribution < -0.4 is 10.1 Å². The van der Waals surface area contributed by atoms with Crippen LogP contribution in [0.15, 0.2) is 60.7 Å². The van der Waals surface area contributed by atoms with Gasteiger partial charge in [0.2, 0.25) is 0 Å². The highest BCUT2D eigenvalue weighted by Gasteiger charge is 2.27. The third-order valence-corrected chi connectivity index (χ3v) is 6.09. The van der Waals surface area contributed by atoms with E-state index in [0.717, 1.165) is 5.56 Å². The van der Waals surface area contributed by atoms with Crippen LogP contribution in [0.5, 0.6) is 11.5 Å². The number of anilines is 1. The fraction of sp³-hybridized carbons (Fsp3) is 0.0833. The number of hydrogen-bond donors (Lipinski definition) is 2. The van der Waals surface area contributed by atoms with Crippen LogP contribution in [-0.2, 0) is 11.3 Å². The van der Waals surface area contributed by atoms with Crippen molar-refractivity contribution < 1.29 is 19.4 Å². The first-order valence-corrected chi connectivity index (χ1v) is 10.9. The predicted octanol–water partition coefficient (Wildman–Crippen LogP) is 6.19. The largest absolute Gasteiger partial charge is 0.508 e. The van der Waals surface area contributed by atoms with E-state index in [4.69, 9.17) is 39.5 Å². The molecule has 0 fully saturated rings. The van der Waals surface area contributed by atoms with Gasteiger partial charge in [0.15, 0.2) is 0 Å². The lowest BCUT2D eigenvalue weighted by Gasteiger charge is -2.10. The molecule has 6 nitrogen and oxygen atoms in total. The molecule has 2 N–H and O–H groups in total. The van der Waals surface area contributed by atoms with Gasteiger partial charge >= 0.3 is 0 Å². The Morgan fingerprint density at radius 1 is 1.00 bits per heavy atom. The van der Waals surface area contributed by atoms with Crippen LogP contribution in [0.2, 0.25) is 15.2 Å². The van der Waals surface area contributed by atoms with Gasteiger partial charge in [0.1, 0.15) is 16.7 Å². The molecule has 1 aromatic heterocycles. The summed E-state index contributed by atoms with van der Waals surface area (Å²) in [7, 11) is 1.53. The second kappa shape index (κ2) is 9.35. The van der Waals surface area contributed by atoms with Crippen molar-refractivity contribution >= 4 is 63.1 Å². The van der Waals surface area contributed by atoms with Crippen LogP contribution in [0.25, 0.3) is 10.9 Å². The maximum Gasteiger partial charge on any atom is 0.296 e. The topological polar surface area (TPSA) is 80.6 Å². The van der Waals surface area contributed by atoms with Gasteiger partial charge in [0.05, 0.1) is 24.7 Å². The molecule has 0 atom stereocenters. The molecule has 9 heteroatoms. The number of halogens is 3. The second-order valence-electron chi connectivity index (χ2n) is 7.20. The number of phenolic OH excluding ortho intramolecular Hbond substituents is 1. The van der Waals surface area contributed by atoms with Crippen molar-refractivity contribution in [2.45, 2.75) is 6.54 Å². The highest BCUT2D eigenvalue weighted by atomic mass is 35.5. The lowest BCUT2D eigenvalue weighted by Crippen LogP contribution is -2.23. The average Bonchev–Trinajstić information content (AvgIpc) is 3.05. The van der Waals surface area contributed by atoms with Crippen molar-refractivity contribution in [1.29, 1.82) is 0 Å². The summed E-state index contributed by atoms with van der Waals surface area (Å²) in [4.78, 5) is 25.9. The monoisotopic (exact) mass is 502 g/mol. The molecule has 168 valence electrons. The van der Waals surface area contributed by atoms with E-state index in [0.29, 0.717) is 32.4 Å². The minimum atomic E-state index is -0.867. The van der Waals surface area contributed by atoms with Gasteiger partial charge in [-0.15, -0.1) is 0 Å². The third kappa shape index (κ3) is 4.64. The number of nitrogens with one attached hydrogen (secondary N) is 1. The summed E-state index contributed by atoms with van der Waals surface area (Å²) in [6.07, 6.45) is 0. The molecule has 0 spiro atoms. The number of aromatic hydroxyl groups is 1. The number of amides is 1. The molecule has 0 aliphatic heterocycles. The number of hydrogen-bond acceptors (Lipinski definition) is 4. The molecule has 0 saturated carbocycles. The zero-order valence-electron chi connectivity index (χ0n) is 17.2. The highest BCUT2D eigenvalue weighted by molar-refractivity contribution is 6.52. The molecular formula is C24H17Cl3N2O4. The number of ether oxygens (including phenoxy) is 1. The first kappa shape index (κ1) is 23.0. The molecule has 4 rings (SSSR count). The second-order valence-corrected chi connectivity index (χ2v) is 8.40. The van der Waals surface area contributed by atoms with Crippen molar-refractivity contribution in [1.82, 2.24) is 4.57 Å². The number of aromatic nitrogens is 1. The van der Waals surface area contributed by atoms with Gasteiger partial charge in [0.25, 0.3) is 11.7 Å². The number of carbonyl (C=O) groups is 2. The molecule has 3 aromatic carbocycles. The van der Waals surface area contributed by atoms with Crippen molar-refractivity contribution in [2.75, 3.05) is 12.4 Å². The maximum absolute atomic E-state index is 13.1. The molecule has 0 aliphatic rings. The van der Waals surface area contributed by atoms with E-state index in [1.165, 1.54) is 19.2 Å². The molecule has 33 heavy (non-hydrogen) atoms. The van der Waals surface area contributed by atoms with E-state index in [-0.39, 0.29) is 23.0 Å². The number of benzene rings is 3. The van der Waals surface area contributed by atoms with Crippen LogP contribution in [-0.4, -0.2) is 28.5 Å². The quantitative estimate of drug-likeness (QED) is 0.243. The smallest absolute Gasteiger partial charge is 0.296 e. The summed E-state index contributed by atoms with van der Waals surface area (Å²) in [5.74, 6) is -1.16. The van der Waals surface area contributed by atoms with E-state index in [2.05, 4.69) is 5.32 Å². The number of Topliss-reactive ketones (excluding diaryl/α,β-unsaturated/α-hetero) is 1. The highest BCUT2D eigenvalue weighted by Crippen LogP contribution is 2.35. The van der Waals surface area contributed by atoms with Crippen molar-refractivity contribution in [3.63, 3.8) is 0 Å². The van der Waals surface area contributed by atoms with Crippen LogP contribution in [0, 0.1) is 0 Å². The lowest BCUT2D eigenvalue weighted by molar-refractivity contribution is -0.112. The lowest BCUT2D eigenvalue weighted by atomic mass is 10.1. The Morgan fingerprint density at radius 3 is 2.39 bits per heavy atom. The van der Waals surface area contributed by atoms with Gasteiger partial charge in [-0.25, -0.2) is 0 Å². The molecule has 4 aromatic rings. The Kier molecular flexibility index (Phi) is 6.51. The van der Waals surface area contributed by atoms with E-state index in [1.54, 1.807) is 53.1 Å². The normalized spacial score (nSPS) is 10.9. The van der Waals surface area contributed by atoms with Crippen LogP contribution >= 0.6 is 34.8 Å². The minimum absolute atomic E-state index is 0.0151. The fourth-order valence-corrected chi connectivity index (χ4v) is 4.28. The van der Waals surface area contributed by atoms with Gasteiger partial charge in [0, 0.05) is 21.1 Å². The number of fused-ring (bicyclic) bond motifs is 1. The van der Waals surface area contributed by atoms with Crippen molar-refractivity contribution in [3.8, 4) is 11.5 Å².